The van der Waals surface area contributed by atoms with Gasteiger partial charge in [-0.05, 0) is 37.5 Å². The first kappa shape index (κ1) is 16.0. The number of carbonyl (C=O) groups is 2. The van der Waals surface area contributed by atoms with Crippen molar-refractivity contribution in [3.05, 3.63) is 41.8 Å². The van der Waals surface area contributed by atoms with Crippen molar-refractivity contribution in [3.63, 3.8) is 0 Å². The lowest BCUT2D eigenvalue weighted by Crippen LogP contribution is -2.31. The molecule has 0 aliphatic carbocycles. The molecule has 0 bridgehead atoms. The highest BCUT2D eigenvalue weighted by molar-refractivity contribution is 6.04. The molecule has 0 spiro atoms. The molecule has 0 atom stereocenters. The van der Waals surface area contributed by atoms with Crippen LogP contribution >= 0.6 is 0 Å². The Bertz CT molecular complexity index is 721. The van der Waals surface area contributed by atoms with Gasteiger partial charge in [0, 0.05) is 24.8 Å². The molecule has 0 unspecified atom stereocenters. The van der Waals surface area contributed by atoms with Crippen LogP contribution in [0.1, 0.15) is 40.1 Å². The van der Waals surface area contributed by atoms with Gasteiger partial charge in [-0.3, -0.25) is 4.79 Å². The number of carbonyl (C=O) groups excluding carboxylic acids is 2. The third-order valence-corrected chi connectivity index (χ3v) is 4.03. The lowest BCUT2D eigenvalue weighted by atomic mass is 10.1. The molecular weight excluding hydrogens is 310 g/mol. The summed E-state index contributed by atoms with van der Waals surface area (Å²) in [6, 6.07) is 6.72. The number of piperidine rings is 1. The second-order valence-corrected chi connectivity index (χ2v) is 5.61. The lowest BCUT2D eigenvalue weighted by Gasteiger charge is -2.30. The van der Waals surface area contributed by atoms with Crippen LogP contribution in [0.15, 0.2) is 35.1 Å². The number of amides is 1. The summed E-state index contributed by atoms with van der Waals surface area (Å²) in [6.45, 7) is 1.82. The summed E-state index contributed by atoms with van der Waals surface area (Å²) < 4.78 is 9.55. The highest BCUT2D eigenvalue weighted by atomic mass is 16.5. The zero-order valence-corrected chi connectivity index (χ0v) is 13.4. The number of methoxy groups -OCH3 is 1. The molecule has 1 fully saturated rings. The first-order valence-electron chi connectivity index (χ1n) is 7.88. The fourth-order valence-electron chi connectivity index (χ4n) is 2.82. The van der Waals surface area contributed by atoms with Crippen LogP contribution < -0.4 is 10.2 Å². The van der Waals surface area contributed by atoms with Gasteiger partial charge in [-0.2, -0.15) is 0 Å². The van der Waals surface area contributed by atoms with Gasteiger partial charge in [-0.15, -0.1) is 0 Å². The van der Waals surface area contributed by atoms with Crippen LogP contribution in [0.25, 0.3) is 0 Å². The summed E-state index contributed by atoms with van der Waals surface area (Å²) in [7, 11) is 1.35. The molecule has 0 saturated carbocycles. The lowest BCUT2D eigenvalue weighted by molar-refractivity contribution is 0.0601. The fraction of sp³-hybridized carbons (Fsp3) is 0.353. The molecule has 1 aliphatic rings. The largest absolute Gasteiger partial charge is 0.465 e. The van der Waals surface area contributed by atoms with Crippen molar-refractivity contribution < 1.29 is 18.8 Å². The van der Waals surface area contributed by atoms with Crippen LogP contribution in [0.5, 0.6) is 0 Å². The van der Waals surface area contributed by atoms with E-state index < -0.39 is 11.9 Å². The van der Waals surface area contributed by atoms with E-state index in [1.807, 2.05) is 6.07 Å². The van der Waals surface area contributed by atoms with E-state index in [0.717, 1.165) is 31.6 Å². The molecule has 7 nitrogen and oxygen atoms in total. The number of rotatable bonds is 4. The van der Waals surface area contributed by atoms with E-state index in [1.54, 1.807) is 12.1 Å². The minimum atomic E-state index is -0.423. The molecule has 1 amide bonds. The minimum absolute atomic E-state index is 0.176. The van der Waals surface area contributed by atoms with Crippen LogP contribution in [0, 0.1) is 0 Å². The van der Waals surface area contributed by atoms with Crippen LogP contribution in [-0.2, 0) is 4.74 Å². The molecule has 1 aromatic carbocycles. The smallest absolute Gasteiger partial charge is 0.340 e. The van der Waals surface area contributed by atoms with E-state index in [9.17, 15) is 9.59 Å². The number of hydrogen-bond donors (Lipinski definition) is 1. The Balaban J connectivity index is 1.86. The Morgan fingerprint density at radius 3 is 2.67 bits per heavy atom. The van der Waals surface area contributed by atoms with Crippen molar-refractivity contribution in [1.29, 1.82) is 0 Å². The highest BCUT2D eigenvalue weighted by Gasteiger charge is 2.20. The zero-order valence-electron chi connectivity index (χ0n) is 13.4. The van der Waals surface area contributed by atoms with Gasteiger partial charge in [0.2, 0.25) is 0 Å². The van der Waals surface area contributed by atoms with Crippen molar-refractivity contribution in [1.82, 2.24) is 5.16 Å². The monoisotopic (exact) mass is 329 g/mol. The Kier molecular flexibility index (Phi) is 4.79. The molecule has 0 radical (unpaired) electrons. The van der Waals surface area contributed by atoms with Gasteiger partial charge in [0.15, 0.2) is 5.69 Å². The summed E-state index contributed by atoms with van der Waals surface area (Å²) >= 11 is 0. The van der Waals surface area contributed by atoms with Crippen molar-refractivity contribution >= 4 is 23.3 Å². The number of ether oxygens (including phenoxy) is 1. The van der Waals surface area contributed by atoms with Crippen molar-refractivity contribution in [2.24, 2.45) is 0 Å². The summed E-state index contributed by atoms with van der Waals surface area (Å²) in [5, 5.41) is 6.30. The van der Waals surface area contributed by atoms with Gasteiger partial charge in [0.05, 0.1) is 18.4 Å². The topological polar surface area (TPSA) is 84.7 Å². The minimum Gasteiger partial charge on any atom is -0.465 e. The Hall–Kier alpha value is -2.83. The van der Waals surface area contributed by atoms with Gasteiger partial charge in [-0.25, -0.2) is 4.79 Å². The molecule has 2 aromatic rings. The second-order valence-electron chi connectivity index (χ2n) is 5.61. The van der Waals surface area contributed by atoms with E-state index in [1.165, 1.54) is 25.9 Å². The molecule has 126 valence electrons. The Labute approximate surface area is 139 Å². The van der Waals surface area contributed by atoms with E-state index in [-0.39, 0.29) is 5.69 Å². The predicted molar refractivity (Wildman–Crippen MR) is 88.3 cm³/mol. The number of esters is 1. The summed E-state index contributed by atoms with van der Waals surface area (Å²) in [5.74, 6) is -0.821. The maximum absolute atomic E-state index is 12.2. The van der Waals surface area contributed by atoms with Crippen LogP contribution in [0.4, 0.5) is 11.4 Å². The van der Waals surface area contributed by atoms with Crippen LogP contribution in [0.2, 0.25) is 0 Å². The zero-order chi connectivity index (χ0) is 16.9. The third kappa shape index (κ3) is 3.40. The first-order valence-corrected chi connectivity index (χ1v) is 7.88. The SMILES string of the molecule is COC(=O)c1cc(NC(=O)c2ccon2)ccc1N1CCCCC1. The molecule has 1 aromatic heterocycles. The predicted octanol–water partition coefficient (Wildman–Crippen LogP) is 2.70. The third-order valence-electron chi connectivity index (χ3n) is 4.03. The maximum atomic E-state index is 12.2. The average Bonchev–Trinajstić information content (AvgIpc) is 3.16. The van der Waals surface area contributed by atoms with E-state index in [0.29, 0.717) is 11.3 Å². The molecule has 1 aliphatic heterocycles. The van der Waals surface area contributed by atoms with E-state index in [4.69, 9.17) is 4.74 Å². The van der Waals surface area contributed by atoms with Gasteiger partial charge < -0.3 is 19.5 Å². The normalized spacial score (nSPS) is 14.3. The van der Waals surface area contributed by atoms with Crippen molar-refractivity contribution in [3.8, 4) is 0 Å². The van der Waals surface area contributed by atoms with Crippen molar-refractivity contribution in [2.45, 2.75) is 19.3 Å². The van der Waals surface area contributed by atoms with Crippen LogP contribution in [0.3, 0.4) is 0 Å². The first-order chi connectivity index (χ1) is 11.7. The Morgan fingerprint density at radius 1 is 1.21 bits per heavy atom. The molecule has 1 N–H and O–H groups in total. The molecule has 3 rings (SSSR count). The average molecular weight is 329 g/mol. The highest BCUT2D eigenvalue weighted by Crippen LogP contribution is 2.28. The fourth-order valence-corrected chi connectivity index (χ4v) is 2.82. The molecule has 2 heterocycles. The van der Waals surface area contributed by atoms with Crippen molar-refractivity contribution in [2.75, 3.05) is 30.4 Å². The number of anilines is 2. The summed E-state index contributed by atoms with van der Waals surface area (Å²) in [6.07, 6.45) is 4.74. The molecule has 1 saturated heterocycles. The number of benzene rings is 1. The molecule has 24 heavy (non-hydrogen) atoms. The van der Waals surface area contributed by atoms with Gasteiger partial charge in [-0.1, -0.05) is 5.16 Å². The summed E-state index contributed by atoms with van der Waals surface area (Å²) in [4.78, 5) is 26.4. The number of aromatic nitrogens is 1. The van der Waals surface area contributed by atoms with Gasteiger partial charge in [0.1, 0.15) is 6.26 Å². The van der Waals surface area contributed by atoms with Gasteiger partial charge in [0.25, 0.3) is 5.91 Å². The van der Waals surface area contributed by atoms with E-state index in [2.05, 4.69) is 19.9 Å². The number of nitrogens with zero attached hydrogens (tertiary/aromatic N) is 2. The Morgan fingerprint density at radius 2 is 2.00 bits per heavy atom. The number of nitrogens with one attached hydrogen (secondary N) is 1. The van der Waals surface area contributed by atoms with Gasteiger partial charge >= 0.3 is 5.97 Å². The standard InChI is InChI=1S/C17H19N3O4/c1-23-17(22)13-11-12(18-16(21)14-7-10-24-19-14)5-6-15(13)20-8-3-2-4-9-20/h5-7,10-11H,2-4,8-9H2,1H3,(H,18,21). The summed E-state index contributed by atoms with van der Waals surface area (Å²) in [5.41, 5.74) is 1.96. The molecule has 7 heteroatoms. The maximum Gasteiger partial charge on any atom is 0.340 e. The van der Waals surface area contributed by atoms with E-state index >= 15 is 0 Å². The second kappa shape index (κ2) is 7.16. The van der Waals surface area contributed by atoms with Crippen LogP contribution in [-0.4, -0.2) is 37.2 Å². The number of hydrogen-bond acceptors (Lipinski definition) is 6. The quantitative estimate of drug-likeness (QED) is 0.868. The molecular formula is C17H19N3O4.